The molecular weight excluding hydrogens is 324 g/mol. The van der Waals surface area contributed by atoms with E-state index in [2.05, 4.69) is 36.5 Å². The standard InChI is InChI=1S/C19H23ClN2O2/c1-13-5-7-15(8-6-13)11-14(2)24-18-10-9-16(12-17(18)20)21-19(23)22(3)4/h5-10,12,14H,11H2,1-4H3,(H,21,23). The molecule has 1 atom stereocenters. The monoisotopic (exact) mass is 346 g/mol. The fourth-order valence-electron chi connectivity index (χ4n) is 2.22. The van der Waals surface area contributed by atoms with Gasteiger partial charge in [0.15, 0.2) is 0 Å². The van der Waals surface area contributed by atoms with Crippen LogP contribution >= 0.6 is 11.6 Å². The Kier molecular flexibility index (Phi) is 6.10. The van der Waals surface area contributed by atoms with E-state index in [-0.39, 0.29) is 12.1 Å². The van der Waals surface area contributed by atoms with Gasteiger partial charge in [-0.25, -0.2) is 4.79 Å². The van der Waals surface area contributed by atoms with Crippen LogP contribution in [0.3, 0.4) is 0 Å². The molecule has 0 spiro atoms. The van der Waals surface area contributed by atoms with E-state index < -0.39 is 0 Å². The summed E-state index contributed by atoms with van der Waals surface area (Å²) in [5.74, 6) is 0.610. The Bertz CT molecular complexity index is 699. The summed E-state index contributed by atoms with van der Waals surface area (Å²) in [5.41, 5.74) is 3.10. The van der Waals surface area contributed by atoms with Crippen LogP contribution in [0.15, 0.2) is 42.5 Å². The summed E-state index contributed by atoms with van der Waals surface area (Å²) in [6, 6.07) is 13.5. The van der Waals surface area contributed by atoms with Gasteiger partial charge in [-0.3, -0.25) is 0 Å². The molecule has 2 rings (SSSR count). The molecular formula is C19H23ClN2O2. The third kappa shape index (κ3) is 5.17. The van der Waals surface area contributed by atoms with E-state index >= 15 is 0 Å². The first-order valence-corrected chi connectivity index (χ1v) is 8.23. The minimum Gasteiger partial charge on any atom is -0.489 e. The third-order valence-corrected chi connectivity index (χ3v) is 3.86. The van der Waals surface area contributed by atoms with Crippen LogP contribution in [0.5, 0.6) is 5.75 Å². The molecule has 5 heteroatoms. The minimum absolute atomic E-state index is 0.00702. The van der Waals surface area contributed by atoms with E-state index in [0.717, 1.165) is 6.42 Å². The van der Waals surface area contributed by atoms with E-state index in [1.54, 1.807) is 32.3 Å². The molecule has 1 N–H and O–H groups in total. The van der Waals surface area contributed by atoms with Crippen LogP contribution in [0.4, 0.5) is 10.5 Å². The lowest BCUT2D eigenvalue weighted by atomic mass is 10.1. The molecule has 0 aliphatic carbocycles. The molecule has 1 unspecified atom stereocenters. The number of carbonyl (C=O) groups is 1. The quantitative estimate of drug-likeness (QED) is 0.848. The van der Waals surface area contributed by atoms with Crippen LogP contribution in [-0.4, -0.2) is 31.1 Å². The van der Waals surface area contributed by atoms with Crippen molar-refractivity contribution in [1.82, 2.24) is 4.90 Å². The zero-order valence-electron chi connectivity index (χ0n) is 14.5. The second kappa shape index (κ2) is 8.06. The highest BCUT2D eigenvalue weighted by atomic mass is 35.5. The molecule has 2 aromatic carbocycles. The Hall–Kier alpha value is -2.20. The zero-order chi connectivity index (χ0) is 17.7. The number of halogens is 1. The van der Waals surface area contributed by atoms with Gasteiger partial charge in [0, 0.05) is 26.2 Å². The molecule has 0 bridgehead atoms. The van der Waals surface area contributed by atoms with Gasteiger partial charge < -0.3 is 15.0 Å². The molecule has 0 saturated heterocycles. The number of anilines is 1. The number of aryl methyl sites for hydroxylation is 1. The van der Waals surface area contributed by atoms with E-state index in [4.69, 9.17) is 16.3 Å². The average molecular weight is 347 g/mol. The SMILES string of the molecule is Cc1ccc(CC(C)Oc2ccc(NC(=O)N(C)C)cc2Cl)cc1. The topological polar surface area (TPSA) is 41.6 Å². The van der Waals surface area contributed by atoms with Gasteiger partial charge in [-0.1, -0.05) is 41.4 Å². The summed E-state index contributed by atoms with van der Waals surface area (Å²) in [7, 11) is 3.36. The minimum atomic E-state index is -0.201. The van der Waals surface area contributed by atoms with Gasteiger partial charge in [0.05, 0.1) is 11.1 Å². The van der Waals surface area contributed by atoms with Crippen LogP contribution in [0.1, 0.15) is 18.1 Å². The summed E-state index contributed by atoms with van der Waals surface area (Å²) >= 11 is 6.27. The van der Waals surface area contributed by atoms with Crippen molar-refractivity contribution in [1.29, 1.82) is 0 Å². The molecule has 128 valence electrons. The lowest BCUT2D eigenvalue weighted by molar-refractivity contribution is 0.222. The molecule has 4 nitrogen and oxygen atoms in total. The van der Waals surface area contributed by atoms with E-state index in [9.17, 15) is 4.79 Å². The van der Waals surface area contributed by atoms with Crippen molar-refractivity contribution in [2.75, 3.05) is 19.4 Å². The predicted molar refractivity (Wildman–Crippen MR) is 99.1 cm³/mol. The second-order valence-corrected chi connectivity index (χ2v) is 6.50. The average Bonchev–Trinajstić information content (AvgIpc) is 2.52. The highest BCUT2D eigenvalue weighted by molar-refractivity contribution is 6.32. The smallest absolute Gasteiger partial charge is 0.321 e. The van der Waals surface area contributed by atoms with Crippen molar-refractivity contribution in [3.63, 3.8) is 0 Å². The van der Waals surface area contributed by atoms with Gasteiger partial charge >= 0.3 is 6.03 Å². The third-order valence-electron chi connectivity index (χ3n) is 3.56. The van der Waals surface area contributed by atoms with Crippen molar-refractivity contribution >= 4 is 23.3 Å². The first-order valence-electron chi connectivity index (χ1n) is 7.85. The number of urea groups is 1. The zero-order valence-corrected chi connectivity index (χ0v) is 15.2. The Morgan fingerprint density at radius 1 is 1.21 bits per heavy atom. The Morgan fingerprint density at radius 3 is 2.46 bits per heavy atom. The summed E-state index contributed by atoms with van der Waals surface area (Å²) in [6.45, 7) is 4.08. The van der Waals surface area contributed by atoms with Crippen molar-refractivity contribution in [2.45, 2.75) is 26.4 Å². The summed E-state index contributed by atoms with van der Waals surface area (Å²) < 4.78 is 5.93. The maximum absolute atomic E-state index is 11.7. The molecule has 2 amide bonds. The number of hydrogen-bond donors (Lipinski definition) is 1. The van der Waals surface area contributed by atoms with Crippen molar-refractivity contribution < 1.29 is 9.53 Å². The number of carbonyl (C=O) groups excluding carboxylic acids is 1. The number of rotatable bonds is 5. The van der Waals surface area contributed by atoms with Gasteiger partial charge in [0.25, 0.3) is 0 Å². The number of benzene rings is 2. The molecule has 0 heterocycles. The van der Waals surface area contributed by atoms with Gasteiger partial charge in [-0.05, 0) is 37.6 Å². The molecule has 0 aliphatic heterocycles. The molecule has 24 heavy (non-hydrogen) atoms. The number of nitrogens with one attached hydrogen (secondary N) is 1. The number of amides is 2. The van der Waals surface area contributed by atoms with E-state index in [1.165, 1.54) is 16.0 Å². The molecule has 2 aromatic rings. The lowest BCUT2D eigenvalue weighted by Crippen LogP contribution is -2.27. The highest BCUT2D eigenvalue weighted by Crippen LogP contribution is 2.29. The summed E-state index contributed by atoms with van der Waals surface area (Å²) in [5, 5.41) is 3.23. The first-order chi connectivity index (χ1) is 11.3. The Balaban J connectivity index is 1.99. The summed E-state index contributed by atoms with van der Waals surface area (Å²) in [6.07, 6.45) is 0.794. The van der Waals surface area contributed by atoms with Gasteiger partial charge in [0.1, 0.15) is 5.75 Å². The predicted octanol–water partition coefficient (Wildman–Crippen LogP) is 4.75. The van der Waals surface area contributed by atoms with Gasteiger partial charge in [-0.2, -0.15) is 0 Å². The van der Waals surface area contributed by atoms with Crippen LogP contribution in [0.25, 0.3) is 0 Å². The van der Waals surface area contributed by atoms with Gasteiger partial charge in [0.2, 0.25) is 0 Å². The first kappa shape index (κ1) is 18.1. The van der Waals surface area contributed by atoms with Crippen LogP contribution in [-0.2, 0) is 6.42 Å². The normalized spacial score (nSPS) is 11.7. The molecule has 0 radical (unpaired) electrons. The van der Waals surface area contributed by atoms with Crippen molar-refractivity contribution in [2.24, 2.45) is 0 Å². The van der Waals surface area contributed by atoms with Crippen molar-refractivity contribution in [3.05, 3.63) is 58.6 Å². The molecule has 0 fully saturated rings. The van der Waals surface area contributed by atoms with Gasteiger partial charge in [-0.15, -0.1) is 0 Å². The maximum Gasteiger partial charge on any atom is 0.321 e. The lowest BCUT2D eigenvalue weighted by Gasteiger charge is -2.17. The Labute approximate surface area is 148 Å². The number of nitrogens with zero attached hydrogens (tertiary/aromatic N) is 1. The fourth-order valence-corrected chi connectivity index (χ4v) is 2.45. The Morgan fingerprint density at radius 2 is 1.88 bits per heavy atom. The summed E-state index contributed by atoms with van der Waals surface area (Å²) in [4.78, 5) is 13.1. The van der Waals surface area contributed by atoms with E-state index in [1.807, 2.05) is 6.92 Å². The molecule has 0 aliphatic rings. The molecule has 0 aromatic heterocycles. The second-order valence-electron chi connectivity index (χ2n) is 6.09. The van der Waals surface area contributed by atoms with Crippen LogP contribution in [0, 0.1) is 6.92 Å². The molecule has 0 saturated carbocycles. The maximum atomic E-state index is 11.7. The van der Waals surface area contributed by atoms with E-state index in [0.29, 0.717) is 16.5 Å². The highest BCUT2D eigenvalue weighted by Gasteiger charge is 2.11. The number of ether oxygens (including phenoxy) is 1. The fraction of sp³-hybridized carbons (Fsp3) is 0.316. The largest absolute Gasteiger partial charge is 0.489 e. The van der Waals surface area contributed by atoms with Crippen molar-refractivity contribution in [3.8, 4) is 5.75 Å². The van der Waals surface area contributed by atoms with Crippen LogP contribution < -0.4 is 10.1 Å². The van der Waals surface area contributed by atoms with Crippen LogP contribution in [0.2, 0.25) is 5.02 Å². The number of hydrogen-bond acceptors (Lipinski definition) is 2.